The molecule has 0 aliphatic carbocycles. The van der Waals surface area contributed by atoms with Gasteiger partial charge in [0, 0.05) is 31.6 Å². The number of nitrogens with zero attached hydrogens (tertiary/aromatic N) is 3. The van der Waals surface area contributed by atoms with Crippen LogP contribution in [0.2, 0.25) is 0 Å². The number of aliphatic hydroxyl groups excluding tert-OH is 1. The van der Waals surface area contributed by atoms with Crippen molar-refractivity contribution in [2.45, 2.75) is 39.2 Å². The highest BCUT2D eigenvalue weighted by atomic mass is 16.2. The summed E-state index contributed by atoms with van der Waals surface area (Å²) in [6.45, 7) is 5.32. The minimum absolute atomic E-state index is 0.219. The number of anilines is 2. The Hall–Kier alpha value is -1.82. The van der Waals surface area contributed by atoms with Gasteiger partial charge in [0.2, 0.25) is 0 Å². The first kappa shape index (κ1) is 14.6. The molecule has 0 amide bonds. The molecule has 3 N–H and O–H groups in total. The van der Waals surface area contributed by atoms with Crippen molar-refractivity contribution in [3.05, 3.63) is 18.6 Å². The van der Waals surface area contributed by atoms with E-state index in [1.54, 1.807) is 6.20 Å². The fraction of sp³-hybridized carbons (Fsp3) is 0.571. The summed E-state index contributed by atoms with van der Waals surface area (Å²) in [7, 11) is 0. The third-order valence-corrected chi connectivity index (χ3v) is 3.11. The number of imidazole rings is 1. The van der Waals surface area contributed by atoms with Crippen LogP contribution < -0.4 is 10.6 Å². The minimum Gasteiger partial charge on any atom is -0.396 e. The zero-order chi connectivity index (χ0) is 14.4. The lowest BCUT2D eigenvalue weighted by molar-refractivity contribution is 0.282. The second kappa shape index (κ2) is 7.09. The predicted molar refractivity (Wildman–Crippen MR) is 81.2 cm³/mol. The van der Waals surface area contributed by atoms with Crippen molar-refractivity contribution in [2.75, 3.05) is 23.8 Å². The topological polar surface area (TPSA) is 74.5 Å². The van der Waals surface area contributed by atoms with Crippen LogP contribution in [-0.4, -0.2) is 38.7 Å². The van der Waals surface area contributed by atoms with E-state index in [0.717, 1.165) is 43.1 Å². The lowest BCUT2D eigenvalue weighted by Crippen LogP contribution is -2.18. The number of nitrogens with one attached hydrogen (secondary N) is 2. The van der Waals surface area contributed by atoms with Gasteiger partial charge >= 0.3 is 0 Å². The molecule has 0 aromatic carbocycles. The van der Waals surface area contributed by atoms with E-state index in [1.165, 1.54) is 0 Å². The van der Waals surface area contributed by atoms with Crippen molar-refractivity contribution in [1.29, 1.82) is 0 Å². The summed E-state index contributed by atoms with van der Waals surface area (Å²) in [6, 6.07) is 0.247. The van der Waals surface area contributed by atoms with Crippen molar-refractivity contribution >= 4 is 17.3 Å². The van der Waals surface area contributed by atoms with Crippen LogP contribution in [0.1, 0.15) is 33.1 Å². The molecule has 2 rings (SSSR count). The molecule has 0 radical (unpaired) electrons. The number of rotatable bonds is 8. The van der Waals surface area contributed by atoms with E-state index in [2.05, 4.69) is 34.4 Å². The Balaban J connectivity index is 2.18. The van der Waals surface area contributed by atoms with E-state index in [0.29, 0.717) is 0 Å². The molecule has 0 aliphatic heterocycles. The van der Waals surface area contributed by atoms with Crippen LogP contribution in [0.5, 0.6) is 0 Å². The number of hydrogen-bond donors (Lipinski definition) is 3. The molecule has 1 atom stereocenters. The van der Waals surface area contributed by atoms with Crippen LogP contribution in [0.4, 0.5) is 11.6 Å². The first-order valence-electron chi connectivity index (χ1n) is 7.19. The molecular formula is C14H23N5O. The van der Waals surface area contributed by atoms with Crippen molar-refractivity contribution in [2.24, 2.45) is 0 Å². The Kier molecular flexibility index (Phi) is 5.17. The lowest BCUT2D eigenvalue weighted by atomic mass is 10.2. The molecule has 0 bridgehead atoms. The summed E-state index contributed by atoms with van der Waals surface area (Å²) in [5.74, 6) is 1.62. The number of fused-ring (bicyclic) bond motifs is 1. The number of aliphatic hydroxyl groups is 1. The summed E-state index contributed by atoms with van der Waals surface area (Å²) in [5, 5.41) is 15.6. The van der Waals surface area contributed by atoms with E-state index in [4.69, 9.17) is 5.11 Å². The Morgan fingerprint density at radius 3 is 3.05 bits per heavy atom. The highest BCUT2D eigenvalue weighted by molar-refractivity contribution is 5.65. The zero-order valence-corrected chi connectivity index (χ0v) is 12.1. The van der Waals surface area contributed by atoms with E-state index in [1.807, 2.05) is 16.8 Å². The van der Waals surface area contributed by atoms with Crippen molar-refractivity contribution < 1.29 is 5.11 Å². The molecule has 2 heterocycles. The Bertz CT molecular complexity index is 539. The molecule has 0 saturated carbocycles. The van der Waals surface area contributed by atoms with Crippen LogP contribution in [0.15, 0.2) is 18.6 Å². The van der Waals surface area contributed by atoms with Crippen molar-refractivity contribution in [3.8, 4) is 0 Å². The monoisotopic (exact) mass is 277 g/mol. The van der Waals surface area contributed by atoms with E-state index in [-0.39, 0.29) is 12.6 Å². The molecule has 0 aliphatic rings. The van der Waals surface area contributed by atoms with Gasteiger partial charge in [-0.3, -0.25) is 0 Å². The van der Waals surface area contributed by atoms with Crippen LogP contribution in [0.25, 0.3) is 5.65 Å². The van der Waals surface area contributed by atoms with Crippen LogP contribution in [0, 0.1) is 0 Å². The van der Waals surface area contributed by atoms with Crippen molar-refractivity contribution in [3.63, 3.8) is 0 Å². The molecule has 6 nitrogen and oxygen atoms in total. The normalized spacial score (nSPS) is 12.6. The first-order chi connectivity index (χ1) is 9.74. The third kappa shape index (κ3) is 3.60. The molecule has 2 aromatic heterocycles. The minimum atomic E-state index is 0.219. The van der Waals surface area contributed by atoms with Crippen LogP contribution in [0.3, 0.4) is 0 Å². The second-order valence-corrected chi connectivity index (χ2v) is 4.97. The van der Waals surface area contributed by atoms with Gasteiger partial charge in [-0.1, -0.05) is 6.92 Å². The average Bonchev–Trinajstić information content (AvgIpc) is 2.91. The molecule has 1 unspecified atom stereocenters. The standard InChI is InChI=1S/C14H23N5O/c1-3-6-15-12-10-19-8-7-16-14(19)13(18-12)17-11(2)5-4-9-20/h7-8,10-11,15,20H,3-6,9H2,1-2H3,(H,17,18). The number of hydrogen-bond acceptors (Lipinski definition) is 5. The van der Waals surface area contributed by atoms with Crippen LogP contribution in [-0.2, 0) is 0 Å². The third-order valence-electron chi connectivity index (χ3n) is 3.11. The molecule has 0 saturated heterocycles. The SMILES string of the molecule is CCCNc1cn2ccnc2c(NC(C)CCCO)n1. The number of aromatic nitrogens is 3. The molecule has 110 valence electrons. The highest BCUT2D eigenvalue weighted by Gasteiger charge is 2.10. The van der Waals surface area contributed by atoms with Gasteiger partial charge < -0.3 is 20.1 Å². The lowest BCUT2D eigenvalue weighted by Gasteiger charge is -2.15. The maximum Gasteiger partial charge on any atom is 0.180 e. The summed E-state index contributed by atoms with van der Waals surface area (Å²) < 4.78 is 1.96. The van der Waals surface area contributed by atoms with Gasteiger partial charge in [-0.15, -0.1) is 0 Å². The smallest absolute Gasteiger partial charge is 0.180 e. The summed E-state index contributed by atoms with van der Waals surface area (Å²) in [6.07, 6.45) is 8.37. The van der Waals surface area contributed by atoms with Crippen LogP contribution >= 0.6 is 0 Å². The van der Waals surface area contributed by atoms with E-state index >= 15 is 0 Å². The molecule has 20 heavy (non-hydrogen) atoms. The molecule has 2 aromatic rings. The summed E-state index contributed by atoms with van der Waals surface area (Å²) in [4.78, 5) is 8.92. The van der Waals surface area contributed by atoms with Gasteiger partial charge in [-0.05, 0) is 26.2 Å². The van der Waals surface area contributed by atoms with Gasteiger partial charge in [0.1, 0.15) is 5.82 Å². The van der Waals surface area contributed by atoms with Gasteiger partial charge in [0.05, 0.1) is 6.20 Å². The molecular weight excluding hydrogens is 254 g/mol. The maximum atomic E-state index is 8.89. The molecule has 0 fully saturated rings. The Morgan fingerprint density at radius 2 is 2.30 bits per heavy atom. The first-order valence-corrected chi connectivity index (χ1v) is 7.19. The van der Waals surface area contributed by atoms with Gasteiger partial charge in [-0.25, -0.2) is 9.97 Å². The van der Waals surface area contributed by atoms with Gasteiger partial charge in [-0.2, -0.15) is 0 Å². The second-order valence-electron chi connectivity index (χ2n) is 4.97. The summed E-state index contributed by atoms with van der Waals surface area (Å²) >= 11 is 0. The predicted octanol–water partition coefficient (Wildman–Crippen LogP) is 2.12. The molecule has 0 spiro atoms. The summed E-state index contributed by atoms with van der Waals surface area (Å²) in [5.41, 5.74) is 0.822. The largest absolute Gasteiger partial charge is 0.396 e. The van der Waals surface area contributed by atoms with E-state index in [9.17, 15) is 0 Å². The van der Waals surface area contributed by atoms with Gasteiger partial charge in [0.15, 0.2) is 11.5 Å². The fourth-order valence-corrected chi connectivity index (χ4v) is 2.07. The maximum absolute atomic E-state index is 8.89. The molecule has 6 heteroatoms. The Morgan fingerprint density at radius 1 is 1.45 bits per heavy atom. The Labute approximate surface area is 119 Å². The van der Waals surface area contributed by atoms with Crippen molar-refractivity contribution in [1.82, 2.24) is 14.4 Å². The zero-order valence-electron chi connectivity index (χ0n) is 12.1. The quantitative estimate of drug-likeness (QED) is 0.689. The highest BCUT2D eigenvalue weighted by Crippen LogP contribution is 2.18. The van der Waals surface area contributed by atoms with Gasteiger partial charge in [0.25, 0.3) is 0 Å². The van der Waals surface area contributed by atoms with E-state index < -0.39 is 0 Å². The fourth-order valence-electron chi connectivity index (χ4n) is 2.07. The average molecular weight is 277 g/mol.